The van der Waals surface area contributed by atoms with Gasteiger partial charge in [0.05, 0.1) is 0 Å². The third kappa shape index (κ3) is 3.05. The number of rotatable bonds is 4. The van der Waals surface area contributed by atoms with Crippen LogP contribution in [-0.4, -0.2) is 6.04 Å². The van der Waals surface area contributed by atoms with Crippen LogP contribution in [0.1, 0.15) is 27.2 Å². The van der Waals surface area contributed by atoms with Crippen molar-refractivity contribution in [2.24, 2.45) is 5.73 Å². The smallest absolute Gasteiger partial charge is 0.0294 e. The van der Waals surface area contributed by atoms with Gasteiger partial charge in [0.15, 0.2) is 0 Å². The molecule has 2 N–H and O–H groups in total. The molecule has 68 valence electrons. The van der Waals surface area contributed by atoms with Gasteiger partial charge in [0.2, 0.25) is 0 Å². The molecule has 0 aliphatic carbocycles. The second kappa shape index (κ2) is 5.78. The zero-order valence-electron chi connectivity index (χ0n) is 8.30. The Morgan fingerprint density at radius 1 is 1.58 bits per heavy atom. The van der Waals surface area contributed by atoms with Crippen molar-refractivity contribution in [3.8, 4) is 0 Å². The molecule has 0 saturated heterocycles. The van der Waals surface area contributed by atoms with Crippen LogP contribution in [0.2, 0.25) is 0 Å². The Labute approximate surface area is 75.7 Å². The standard InChI is InChI=1S/C11H19N/c1-5-8-10(9(4)6-2)11(12)7-3/h5-6,8,11H,2,7,12H2,1,3-4H3/b8-5-,10-9+. The first kappa shape index (κ1) is 11.2. The van der Waals surface area contributed by atoms with Gasteiger partial charge in [-0.3, -0.25) is 0 Å². The molecular formula is C11H19N. The van der Waals surface area contributed by atoms with Gasteiger partial charge >= 0.3 is 0 Å². The van der Waals surface area contributed by atoms with E-state index in [-0.39, 0.29) is 6.04 Å². The topological polar surface area (TPSA) is 26.0 Å². The van der Waals surface area contributed by atoms with Gasteiger partial charge in [-0.15, -0.1) is 0 Å². The molecule has 1 heteroatoms. The fourth-order valence-electron chi connectivity index (χ4n) is 1.06. The highest BCUT2D eigenvalue weighted by molar-refractivity contribution is 5.34. The SMILES string of the molecule is C=C/C(C)=C(\C=C/C)C(N)CC. The number of hydrogen-bond donors (Lipinski definition) is 1. The van der Waals surface area contributed by atoms with Crippen LogP contribution in [-0.2, 0) is 0 Å². The fraction of sp³-hybridized carbons (Fsp3) is 0.455. The zero-order valence-corrected chi connectivity index (χ0v) is 8.30. The van der Waals surface area contributed by atoms with Crippen molar-refractivity contribution in [2.75, 3.05) is 0 Å². The Morgan fingerprint density at radius 3 is 2.50 bits per heavy atom. The van der Waals surface area contributed by atoms with Gasteiger partial charge in [0, 0.05) is 6.04 Å². The van der Waals surface area contributed by atoms with E-state index < -0.39 is 0 Å². The van der Waals surface area contributed by atoms with Crippen LogP contribution >= 0.6 is 0 Å². The van der Waals surface area contributed by atoms with Crippen molar-refractivity contribution in [3.05, 3.63) is 36.0 Å². The monoisotopic (exact) mass is 165 g/mol. The molecule has 0 aromatic heterocycles. The minimum Gasteiger partial charge on any atom is -0.324 e. The highest BCUT2D eigenvalue weighted by Crippen LogP contribution is 2.12. The van der Waals surface area contributed by atoms with E-state index in [1.54, 1.807) is 0 Å². The molecule has 1 nitrogen and oxygen atoms in total. The van der Waals surface area contributed by atoms with Gasteiger partial charge in [0.25, 0.3) is 0 Å². The molecule has 0 aliphatic rings. The molecule has 0 fully saturated rings. The van der Waals surface area contributed by atoms with Crippen LogP contribution in [0.5, 0.6) is 0 Å². The van der Waals surface area contributed by atoms with Crippen LogP contribution in [0.4, 0.5) is 0 Å². The van der Waals surface area contributed by atoms with Gasteiger partial charge < -0.3 is 5.73 Å². The summed E-state index contributed by atoms with van der Waals surface area (Å²) < 4.78 is 0. The van der Waals surface area contributed by atoms with Gasteiger partial charge in [-0.2, -0.15) is 0 Å². The molecule has 0 rings (SSSR count). The summed E-state index contributed by atoms with van der Waals surface area (Å²) in [5, 5.41) is 0. The lowest BCUT2D eigenvalue weighted by Crippen LogP contribution is -2.21. The lowest BCUT2D eigenvalue weighted by atomic mass is 10.00. The Morgan fingerprint density at radius 2 is 2.17 bits per heavy atom. The summed E-state index contributed by atoms with van der Waals surface area (Å²) in [5.74, 6) is 0. The molecule has 0 saturated carbocycles. The maximum absolute atomic E-state index is 5.92. The summed E-state index contributed by atoms with van der Waals surface area (Å²) >= 11 is 0. The molecule has 12 heavy (non-hydrogen) atoms. The van der Waals surface area contributed by atoms with E-state index in [2.05, 4.69) is 19.6 Å². The lowest BCUT2D eigenvalue weighted by molar-refractivity contribution is 0.749. The van der Waals surface area contributed by atoms with Crippen LogP contribution in [0.15, 0.2) is 36.0 Å². The minimum atomic E-state index is 0.138. The second-order valence-corrected chi connectivity index (χ2v) is 2.86. The highest BCUT2D eigenvalue weighted by Gasteiger charge is 2.04. The van der Waals surface area contributed by atoms with Crippen LogP contribution < -0.4 is 5.73 Å². The first-order valence-corrected chi connectivity index (χ1v) is 4.38. The summed E-state index contributed by atoms with van der Waals surface area (Å²) in [4.78, 5) is 0. The molecule has 0 radical (unpaired) electrons. The predicted molar refractivity (Wildman–Crippen MR) is 56.0 cm³/mol. The second-order valence-electron chi connectivity index (χ2n) is 2.86. The molecule has 0 bridgehead atoms. The van der Waals surface area contributed by atoms with Gasteiger partial charge in [0.1, 0.15) is 0 Å². The molecule has 1 unspecified atom stereocenters. The van der Waals surface area contributed by atoms with Crippen molar-refractivity contribution in [3.63, 3.8) is 0 Å². The number of allylic oxidation sites excluding steroid dienone is 3. The zero-order chi connectivity index (χ0) is 9.56. The van der Waals surface area contributed by atoms with Crippen molar-refractivity contribution < 1.29 is 0 Å². The Bertz CT molecular complexity index is 199. The van der Waals surface area contributed by atoms with Crippen LogP contribution in [0.25, 0.3) is 0 Å². The maximum Gasteiger partial charge on any atom is 0.0294 e. The van der Waals surface area contributed by atoms with Crippen molar-refractivity contribution in [1.29, 1.82) is 0 Å². The Hall–Kier alpha value is -0.820. The van der Waals surface area contributed by atoms with Gasteiger partial charge in [-0.25, -0.2) is 0 Å². The summed E-state index contributed by atoms with van der Waals surface area (Å²) in [6, 6.07) is 0.138. The lowest BCUT2D eigenvalue weighted by Gasteiger charge is -2.12. The molecule has 0 aromatic carbocycles. The quantitative estimate of drug-likeness (QED) is 0.637. The molecule has 0 heterocycles. The molecule has 0 aliphatic heterocycles. The fourth-order valence-corrected chi connectivity index (χ4v) is 1.06. The van der Waals surface area contributed by atoms with E-state index >= 15 is 0 Å². The van der Waals surface area contributed by atoms with Gasteiger partial charge in [-0.05, 0) is 31.4 Å². The minimum absolute atomic E-state index is 0.138. The van der Waals surface area contributed by atoms with E-state index in [0.29, 0.717) is 0 Å². The van der Waals surface area contributed by atoms with E-state index in [4.69, 9.17) is 5.73 Å². The first-order chi connectivity index (χ1) is 5.67. The normalized spacial score (nSPS) is 16.0. The third-order valence-corrected chi connectivity index (χ3v) is 1.95. The highest BCUT2D eigenvalue weighted by atomic mass is 14.6. The Kier molecular flexibility index (Phi) is 5.39. The van der Waals surface area contributed by atoms with Crippen LogP contribution in [0.3, 0.4) is 0 Å². The Balaban J connectivity index is 4.76. The van der Waals surface area contributed by atoms with E-state index in [1.807, 2.05) is 26.0 Å². The van der Waals surface area contributed by atoms with Crippen molar-refractivity contribution >= 4 is 0 Å². The predicted octanol–water partition coefficient (Wildman–Crippen LogP) is 2.80. The van der Waals surface area contributed by atoms with E-state index in [0.717, 1.165) is 6.42 Å². The average molecular weight is 165 g/mol. The molecule has 0 amide bonds. The van der Waals surface area contributed by atoms with Crippen molar-refractivity contribution in [1.82, 2.24) is 0 Å². The average Bonchev–Trinajstić information content (AvgIpc) is 2.11. The number of nitrogens with two attached hydrogens (primary N) is 1. The molecule has 1 atom stereocenters. The number of hydrogen-bond acceptors (Lipinski definition) is 1. The summed E-state index contributed by atoms with van der Waals surface area (Å²) in [7, 11) is 0. The van der Waals surface area contributed by atoms with E-state index in [9.17, 15) is 0 Å². The molecular weight excluding hydrogens is 146 g/mol. The molecule has 0 spiro atoms. The third-order valence-electron chi connectivity index (χ3n) is 1.95. The molecule has 0 aromatic rings. The van der Waals surface area contributed by atoms with Gasteiger partial charge in [-0.1, -0.05) is 31.7 Å². The van der Waals surface area contributed by atoms with Crippen LogP contribution in [0, 0.1) is 0 Å². The summed E-state index contributed by atoms with van der Waals surface area (Å²) in [6.07, 6.45) is 6.89. The first-order valence-electron chi connectivity index (χ1n) is 4.38. The summed E-state index contributed by atoms with van der Waals surface area (Å²) in [5.41, 5.74) is 8.28. The van der Waals surface area contributed by atoms with Crippen molar-refractivity contribution in [2.45, 2.75) is 33.2 Å². The largest absolute Gasteiger partial charge is 0.324 e. The summed E-state index contributed by atoms with van der Waals surface area (Å²) in [6.45, 7) is 9.86. The van der Waals surface area contributed by atoms with E-state index in [1.165, 1.54) is 11.1 Å². The maximum atomic E-state index is 5.92.